The number of hydrogen-bond donors (Lipinski definition) is 2. The number of aliphatic hydroxyl groups is 1. The first-order valence-corrected chi connectivity index (χ1v) is 6.95. The van der Waals surface area contributed by atoms with E-state index in [0.717, 1.165) is 31.8 Å². The van der Waals surface area contributed by atoms with Crippen LogP contribution in [0.3, 0.4) is 0 Å². The van der Waals surface area contributed by atoms with Gasteiger partial charge in [0, 0.05) is 6.08 Å². The Kier molecular flexibility index (Phi) is 4.97. The summed E-state index contributed by atoms with van der Waals surface area (Å²) in [6.07, 6.45) is 8.18. The van der Waals surface area contributed by atoms with Crippen LogP contribution >= 0.6 is 0 Å². The molecule has 1 rings (SSSR count). The van der Waals surface area contributed by atoms with E-state index in [9.17, 15) is 9.90 Å². The smallest absolute Gasteiger partial charge is 0.328 e. The van der Waals surface area contributed by atoms with Gasteiger partial charge >= 0.3 is 5.97 Å². The summed E-state index contributed by atoms with van der Waals surface area (Å²) >= 11 is 0. The second-order valence-electron chi connectivity index (χ2n) is 6.80. The Balaban J connectivity index is 2.62. The molecule has 1 aliphatic rings. The Labute approximate surface area is 116 Å². The molecule has 0 atom stereocenters. The van der Waals surface area contributed by atoms with Gasteiger partial charge in [0.1, 0.15) is 0 Å². The van der Waals surface area contributed by atoms with E-state index < -0.39 is 11.6 Å². The van der Waals surface area contributed by atoms with Crippen molar-refractivity contribution in [2.45, 2.75) is 59.0 Å². The molecule has 0 unspecified atom stereocenters. The summed E-state index contributed by atoms with van der Waals surface area (Å²) < 4.78 is 0. The lowest BCUT2D eigenvalue weighted by Crippen LogP contribution is -2.35. The van der Waals surface area contributed by atoms with Crippen LogP contribution in [0.1, 0.15) is 53.4 Å². The maximum atomic E-state index is 10.5. The predicted molar refractivity (Wildman–Crippen MR) is 76.9 cm³/mol. The van der Waals surface area contributed by atoms with Crippen molar-refractivity contribution < 1.29 is 15.0 Å². The minimum atomic E-state index is -0.953. The molecule has 0 aliphatic heterocycles. The molecular weight excluding hydrogens is 240 g/mol. The molecule has 0 bridgehead atoms. The highest BCUT2D eigenvalue weighted by Gasteiger charge is 2.35. The zero-order chi connectivity index (χ0) is 14.7. The van der Waals surface area contributed by atoms with E-state index in [-0.39, 0.29) is 0 Å². The molecule has 0 aromatic rings. The minimum absolute atomic E-state index is 0.296. The molecule has 2 N–H and O–H groups in total. The molecule has 0 spiro atoms. The maximum Gasteiger partial charge on any atom is 0.328 e. The Hall–Kier alpha value is -1.09. The third-order valence-corrected chi connectivity index (χ3v) is 4.08. The van der Waals surface area contributed by atoms with Gasteiger partial charge in [-0.3, -0.25) is 0 Å². The van der Waals surface area contributed by atoms with Gasteiger partial charge in [-0.1, -0.05) is 32.9 Å². The summed E-state index contributed by atoms with van der Waals surface area (Å²) in [6, 6.07) is 0. The van der Waals surface area contributed by atoms with Gasteiger partial charge in [-0.25, -0.2) is 4.79 Å². The van der Waals surface area contributed by atoms with E-state index >= 15 is 0 Å². The normalized spacial score (nSPS) is 29.7. The van der Waals surface area contributed by atoms with Crippen molar-refractivity contribution in [3.8, 4) is 0 Å². The first-order valence-electron chi connectivity index (χ1n) is 6.95. The molecule has 1 fully saturated rings. The number of carboxylic acids is 1. The molecule has 108 valence electrons. The second-order valence-corrected chi connectivity index (χ2v) is 6.80. The monoisotopic (exact) mass is 266 g/mol. The zero-order valence-corrected chi connectivity index (χ0v) is 12.4. The highest BCUT2D eigenvalue weighted by atomic mass is 16.4. The van der Waals surface area contributed by atoms with Gasteiger partial charge in [0.15, 0.2) is 0 Å². The van der Waals surface area contributed by atoms with Crippen LogP contribution in [0.25, 0.3) is 0 Å². The first kappa shape index (κ1) is 16.0. The van der Waals surface area contributed by atoms with Gasteiger partial charge in [-0.15, -0.1) is 0 Å². The Morgan fingerprint density at radius 3 is 2.21 bits per heavy atom. The highest BCUT2D eigenvalue weighted by Crippen LogP contribution is 2.41. The van der Waals surface area contributed by atoms with E-state index in [2.05, 4.69) is 20.8 Å². The fourth-order valence-corrected chi connectivity index (χ4v) is 2.68. The van der Waals surface area contributed by atoms with E-state index in [1.54, 1.807) is 19.1 Å². The maximum absolute atomic E-state index is 10.5. The van der Waals surface area contributed by atoms with Crippen molar-refractivity contribution in [1.82, 2.24) is 0 Å². The van der Waals surface area contributed by atoms with Crippen LogP contribution < -0.4 is 0 Å². The largest absolute Gasteiger partial charge is 0.478 e. The third kappa shape index (κ3) is 5.19. The van der Waals surface area contributed by atoms with Gasteiger partial charge in [0.2, 0.25) is 0 Å². The number of carboxylic acid groups (broad SMARTS) is 1. The van der Waals surface area contributed by atoms with Crippen molar-refractivity contribution in [2.75, 3.05) is 0 Å². The van der Waals surface area contributed by atoms with Crippen molar-refractivity contribution in [1.29, 1.82) is 0 Å². The van der Waals surface area contributed by atoms with Crippen LogP contribution in [0.15, 0.2) is 23.8 Å². The topological polar surface area (TPSA) is 57.5 Å². The first-order chi connectivity index (χ1) is 8.62. The van der Waals surface area contributed by atoms with E-state index in [1.807, 2.05) is 0 Å². The fraction of sp³-hybridized carbons (Fsp3) is 0.688. The molecule has 1 saturated carbocycles. The van der Waals surface area contributed by atoms with Crippen molar-refractivity contribution >= 4 is 5.97 Å². The quantitative estimate of drug-likeness (QED) is 0.607. The van der Waals surface area contributed by atoms with Gasteiger partial charge in [0.25, 0.3) is 0 Å². The van der Waals surface area contributed by atoms with Crippen LogP contribution in [0.4, 0.5) is 0 Å². The predicted octanol–water partition coefficient (Wildman–Crippen LogP) is 3.54. The van der Waals surface area contributed by atoms with E-state index in [0.29, 0.717) is 16.9 Å². The number of aliphatic carboxylic acids is 1. The third-order valence-electron chi connectivity index (χ3n) is 4.08. The minimum Gasteiger partial charge on any atom is -0.478 e. The van der Waals surface area contributed by atoms with E-state index in [1.165, 1.54) is 0 Å². The van der Waals surface area contributed by atoms with Gasteiger partial charge in [0.05, 0.1) is 5.60 Å². The molecule has 3 heteroatoms. The van der Waals surface area contributed by atoms with Crippen LogP contribution in [-0.4, -0.2) is 21.8 Å². The molecular formula is C16H26O3. The molecule has 0 amide bonds. The molecule has 3 nitrogen and oxygen atoms in total. The number of rotatable bonds is 3. The van der Waals surface area contributed by atoms with Gasteiger partial charge in [-0.05, 0) is 49.5 Å². The molecule has 0 radical (unpaired) electrons. The summed E-state index contributed by atoms with van der Waals surface area (Å²) in [7, 11) is 0. The summed E-state index contributed by atoms with van der Waals surface area (Å²) in [4.78, 5) is 10.5. The van der Waals surface area contributed by atoms with E-state index in [4.69, 9.17) is 5.11 Å². The lowest BCUT2D eigenvalue weighted by molar-refractivity contribution is -0.131. The summed E-state index contributed by atoms with van der Waals surface area (Å²) in [6.45, 7) is 8.47. The van der Waals surface area contributed by atoms with Crippen molar-refractivity contribution in [3.63, 3.8) is 0 Å². The SMILES string of the molecule is CC(/C=C/C1(O)CCC(C(C)(C)C)CC1)=C\C(=O)O. The molecule has 0 saturated heterocycles. The Bertz CT molecular complexity index is 377. The average Bonchev–Trinajstić information content (AvgIpc) is 2.25. The number of carbonyl (C=O) groups is 1. The average molecular weight is 266 g/mol. The van der Waals surface area contributed by atoms with Gasteiger partial charge in [-0.2, -0.15) is 0 Å². The number of allylic oxidation sites excluding steroid dienone is 2. The summed E-state index contributed by atoms with van der Waals surface area (Å²) in [5.41, 5.74) is 0.179. The number of hydrogen-bond acceptors (Lipinski definition) is 2. The lowest BCUT2D eigenvalue weighted by Gasteiger charge is -2.40. The van der Waals surface area contributed by atoms with Crippen LogP contribution in [0, 0.1) is 11.3 Å². The standard InChI is InChI=1S/C16H26O3/c1-12(11-14(17)18)5-8-16(19)9-6-13(7-10-16)15(2,3)4/h5,8,11,13,19H,6-7,9-10H2,1-4H3,(H,17,18)/b8-5+,12-11+. The Morgan fingerprint density at radius 2 is 1.79 bits per heavy atom. The molecule has 0 aromatic heterocycles. The zero-order valence-electron chi connectivity index (χ0n) is 12.4. The van der Waals surface area contributed by atoms with Crippen molar-refractivity contribution in [2.24, 2.45) is 11.3 Å². The van der Waals surface area contributed by atoms with Crippen molar-refractivity contribution in [3.05, 3.63) is 23.8 Å². The second kappa shape index (κ2) is 5.91. The lowest BCUT2D eigenvalue weighted by atomic mass is 9.68. The molecule has 19 heavy (non-hydrogen) atoms. The van der Waals surface area contributed by atoms with Gasteiger partial charge < -0.3 is 10.2 Å². The van der Waals surface area contributed by atoms with Crippen LogP contribution in [0.5, 0.6) is 0 Å². The van der Waals surface area contributed by atoms with Crippen LogP contribution in [-0.2, 0) is 4.79 Å². The van der Waals surface area contributed by atoms with Crippen LogP contribution in [0.2, 0.25) is 0 Å². The summed E-state index contributed by atoms with van der Waals surface area (Å²) in [5.74, 6) is -0.303. The fourth-order valence-electron chi connectivity index (χ4n) is 2.68. The molecule has 1 aliphatic carbocycles. The molecule has 0 aromatic carbocycles. The molecule has 0 heterocycles. The summed E-state index contributed by atoms with van der Waals surface area (Å²) in [5, 5.41) is 19.1. The highest BCUT2D eigenvalue weighted by molar-refractivity contribution is 5.81. The Morgan fingerprint density at radius 1 is 1.26 bits per heavy atom.